The molecule has 0 radical (unpaired) electrons. The molecule has 216 valence electrons. The van der Waals surface area contributed by atoms with Crippen molar-refractivity contribution in [3.05, 3.63) is 47.5 Å². The van der Waals surface area contributed by atoms with Crippen LogP contribution < -0.4 is 0 Å². The highest BCUT2D eigenvalue weighted by atomic mass is 16.6. The molecule has 3 fully saturated rings. The van der Waals surface area contributed by atoms with E-state index < -0.39 is 18.4 Å². The van der Waals surface area contributed by atoms with Crippen LogP contribution in [0.15, 0.2) is 42.0 Å². The number of hydrogen-bond acceptors (Lipinski definition) is 7. The summed E-state index contributed by atoms with van der Waals surface area (Å²) in [6, 6.07) is 9.26. The molecular formula is C33H42O7. The zero-order chi connectivity index (χ0) is 28.5. The van der Waals surface area contributed by atoms with Crippen molar-refractivity contribution >= 4 is 23.7 Å². The van der Waals surface area contributed by atoms with Gasteiger partial charge in [-0.2, -0.15) is 0 Å². The van der Waals surface area contributed by atoms with Gasteiger partial charge in [0, 0.05) is 19.3 Å². The van der Waals surface area contributed by atoms with E-state index in [2.05, 4.69) is 19.9 Å². The second-order valence-electron chi connectivity index (χ2n) is 12.9. The third-order valence-electron chi connectivity index (χ3n) is 10.7. The monoisotopic (exact) mass is 550 g/mol. The fourth-order valence-electron chi connectivity index (χ4n) is 8.70. The van der Waals surface area contributed by atoms with Gasteiger partial charge in [0.2, 0.25) is 0 Å². The van der Waals surface area contributed by atoms with Crippen molar-refractivity contribution in [1.82, 2.24) is 0 Å². The number of rotatable bonds is 8. The lowest BCUT2D eigenvalue weighted by Crippen LogP contribution is -2.51. The Morgan fingerprint density at radius 3 is 2.40 bits per heavy atom. The number of ether oxygens (including phenoxy) is 3. The van der Waals surface area contributed by atoms with Crippen LogP contribution in [0.2, 0.25) is 0 Å². The summed E-state index contributed by atoms with van der Waals surface area (Å²) in [6.07, 6.45) is 9.62. The van der Waals surface area contributed by atoms with Crippen LogP contribution in [0.4, 0.5) is 0 Å². The average Bonchev–Trinajstić information content (AvgIpc) is 3.28. The largest absolute Gasteiger partial charge is 0.462 e. The number of allylic oxidation sites excluding steroid dienone is 1. The van der Waals surface area contributed by atoms with Crippen molar-refractivity contribution < 1.29 is 33.4 Å². The van der Waals surface area contributed by atoms with Crippen LogP contribution in [-0.4, -0.2) is 36.4 Å². The Labute approximate surface area is 237 Å². The van der Waals surface area contributed by atoms with Crippen LogP contribution >= 0.6 is 0 Å². The summed E-state index contributed by atoms with van der Waals surface area (Å²) < 4.78 is 16.0. The molecule has 0 bridgehead atoms. The van der Waals surface area contributed by atoms with Gasteiger partial charge >= 0.3 is 17.9 Å². The predicted molar refractivity (Wildman–Crippen MR) is 148 cm³/mol. The van der Waals surface area contributed by atoms with Gasteiger partial charge < -0.3 is 14.2 Å². The first-order chi connectivity index (χ1) is 19.1. The quantitative estimate of drug-likeness (QED) is 0.176. The highest BCUT2D eigenvalue weighted by Gasteiger charge is 2.59. The molecule has 7 nitrogen and oxygen atoms in total. The highest BCUT2D eigenvalue weighted by molar-refractivity contribution is 5.93. The van der Waals surface area contributed by atoms with Gasteiger partial charge in [-0.05, 0) is 79.1 Å². The molecule has 4 aliphatic carbocycles. The lowest BCUT2D eigenvalue weighted by atomic mass is 9.47. The van der Waals surface area contributed by atoms with Crippen LogP contribution in [0.3, 0.4) is 0 Å². The third kappa shape index (κ3) is 5.61. The van der Waals surface area contributed by atoms with Crippen molar-refractivity contribution in [2.75, 3.05) is 6.61 Å². The standard InChI is InChI=1S/C33H42O7/c1-21(34)40-24-13-15-32(2)23(17-24)9-10-25-26-11-12-28(33(26,3)16-14-27(25)32)29(35)20-39-31(37)18-30(36)38-19-22-7-5-4-6-8-22/h4-9,24-28H,10-20H2,1-3H3/t24?,25-,26-,27-,28+,32-,33-/m0/s1. The summed E-state index contributed by atoms with van der Waals surface area (Å²) in [4.78, 5) is 49.2. The van der Waals surface area contributed by atoms with Gasteiger partial charge in [-0.25, -0.2) is 0 Å². The van der Waals surface area contributed by atoms with E-state index in [1.54, 1.807) is 0 Å². The molecule has 0 aliphatic heterocycles. The van der Waals surface area contributed by atoms with Crippen LogP contribution in [0.25, 0.3) is 0 Å². The molecule has 0 amide bonds. The second-order valence-corrected chi connectivity index (χ2v) is 12.9. The van der Waals surface area contributed by atoms with Gasteiger partial charge in [-0.1, -0.05) is 55.8 Å². The first kappa shape index (κ1) is 28.6. The van der Waals surface area contributed by atoms with Crippen LogP contribution in [-0.2, 0) is 40.0 Å². The normalized spacial score (nSPS) is 34.4. The maximum absolute atomic E-state index is 13.3. The van der Waals surface area contributed by atoms with E-state index in [1.165, 1.54) is 12.5 Å². The molecule has 1 aromatic rings. The van der Waals surface area contributed by atoms with Crippen molar-refractivity contribution in [2.45, 2.75) is 91.3 Å². The van der Waals surface area contributed by atoms with Crippen molar-refractivity contribution in [2.24, 2.45) is 34.5 Å². The summed E-state index contributed by atoms with van der Waals surface area (Å²) >= 11 is 0. The van der Waals surface area contributed by atoms with Gasteiger partial charge in [0.1, 0.15) is 25.7 Å². The number of ketones is 1. The first-order valence-electron chi connectivity index (χ1n) is 14.8. The smallest absolute Gasteiger partial charge is 0.317 e. The maximum atomic E-state index is 13.3. The number of hydrogen-bond donors (Lipinski definition) is 0. The molecule has 0 heterocycles. The summed E-state index contributed by atoms with van der Waals surface area (Å²) in [5.41, 5.74) is 2.32. The number of esters is 3. The van der Waals surface area contributed by atoms with E-state index >= 15 is 0 Å². The fraction of sp³-hybridized carbons (Fsp3) is 0.636. The summed E-state index contributed by atoms with van der Waals surface area (Å²) in [7, 11) is 0. The first-order valence-corrected chi connectivity index (χ1v) is 14.8. The Hall–Kier alpha value is -2.96. The Bertz CT molecular complexity index is 1170. The van der Waals surface area contributed by atoms with Gasteiger partial charge in [0.25, 0.3) is 0 Å². The van der Waals surface area contributed by atoms with E-state index in [4.69, 9.17) is 14.2 Å². The zero-order valence-corrected chi connectivity index (χ0v) is 24.0. The molecule has 7 heteroatoms. The Balaban J connectivity index is 1.15. The van der Waals surface area contributed by atoms with E-state index in [0.29, 0.717) is 17.8 Å². The lowest BCUT2D eigenvalue weighted by molar-refractivity contribution is -0.158. The van der Waals surface area contributed by atoms with Gasteiger partial charge in [-0.3, -0.25) is 19.2 Å². The molecule has 1 aromatic carbocycles. The molecule has 40 heavy (non-hydrogen) atoms. The molecule has 0 N–H and O–H groups in total. The molecule has 0 spiro atoms. The van der Waals surface area contributed by atoms with E-state index in [0.717, 1.165) is 56.9 Å². The van der Waals surface area contributed by atoms with E-state index in [9.17, 15) is 19.2 Å². The van der Waals surface area contributed by atoms with Crippen molar-refractivity contribution in [1.29, 1.82) is 0 Å². The molecule has 7 atom stereocenters. The van der Waals surface area contributed by atoms with E-state index in [1.807, 2.05) is 30.3 Å². The van der Waals surface area contributed by atoms with Crippen LogP contribution in [0.5, 0.6) is 0 Å². The second kappa shape index (κ2) is 11.5. The minimum atomic E-state index is -0.725. The summed E-state index contributed by atoms with van der Waals surface area (Å²) in [5.74, 6) is -0.167. The SMILES string of the molecule is CC(=O)OC1CC[C@@]2(C)C(=CC[C@H]3[C@@H]4CC[C@H](C(=O)COC(=O)CC(=O)OCc5ccccc5)[C@@]4(C)CC[C@@H]32)C1. The van der Waals surface area contributed by atoms with Gasteiger partial charge in [0.05, 0.1) is 0 Å². The van der Waals surface area contributed by atoms with Crippen molar-refractivity contribution in [3.63, 3.8) is 0 Å². The third-order valence-corrected chi connectivity index (χ3v) is 10.7. The number of carbonyl (C=O) groups excluding carboxylic acids is 4. The Morgan fingerprint density at radius 1 is 0.900 bits per heavy atom. The number of fused-ring (bicyclic) bond motifs is 5. The topological polar surface area (TPSA) is 96.0 Å². The minimum Gasteiger partial charge on any atom is -0.462 e. The predicted octanol–water partition coefficient (Wildman–Crippen LogP) is 5.74. The number of carbonyl (C=O) groups is 4. The molecular weight excluding hydrogens is 508 g/mol. The average molecular weight is 551 g/mol. The molecule has 4 aliphatic rings. The number of Topliss-reactive ketones (excluding diaryl/α,β-unsaturated/α-hetero) is 1. The zero-order valence-electron chi connectivity index (χ0n) is 24.0. The van der Waals surface area contributed by atoms with Gasteiger partial charge in [0.15, 0.2) is 5.78 Å². The molecule has 0 saturated heterocycles. The summed E-state index contributed by atoms with van der Waals surface area (Å²) in [6.45, 7) is 5.97. The Morgan fingerprint density at radius 2 is 1.65 bits per heavy atom. The Kier molecular flexibility index (Phi) is 8.21. The number of benzene rings is 1. The molecule has 0 aromatic heterocycles. The minimum absolute atomic E-state index is 0.0101. The fourth-order valence-corrected chi connectivity index (χ4v) is 8.70. The van der Waals surface area contributed by atoms with Gasteiger partial charge in [-0.15, -0.1) is 0 Å². The summed E-state index contributed by atoms with van der Waals surface area (Å²) in [5, 5.41) is 0. The van der Waals surface area contributed by atoms with Crippen molar-refractivity contribution in [3.8, 4) is 0 Å². The van der Waals surface area contributed by atoms with Crippen LogP contribution in [0, 0.1) is 34.5 Å². The molecule has 5 rings (SSSR count). The highest BCUT2D eigenvalue weighted by Crippen LogP contribution is 2.66. The molecule has 3 saturated carbocycles. The lowest BCUT2D eigenvalue weighted by Gasteiger charge is -2.58. The van der Waals surface area contributed by atoms with E-state index in [-0.39, 0.29) is 47.8 Å². The molecule has 1 unspecified atom stereocenters. The maximum Gasteiger partial charge on any atom is 0.317 e. The van der Waals surface area contributed by atoms with Crippen LogP contribution in [0.1, 0.15) is 84.1 Å².